The fourth-order valence-corrected chi connectivity index (χ4v) is 4.02. The van der Waals surface area contributed by atoms with Crippen LogP contribution in [-0.2, 0) is 11.0 Å². The number of fused-ring (bicyclic) bond motifs is 1. The van der Waals surface area contributed by atoms with Crippen LogP contribution in [0.4, 0.5) is 26.0 Å². The van der Waals surface area contributed by atoms with Gasteiger partial charge in [0.05, 0.1) is 34.1 Å². The van der Waals surface area contributed by atoms with Gasteiger partial charge in [0.15, 0.2) is 5.82 Å². The first-order valence-corrected chi connectivity index (χ1v) is 11.0. The number of nitrogens with zero attached hydrogens (tertiary/aromatic N) is 3. The second-order valence-electron chi connectivity index (χ2n) is 6.78. The van der Waals surface area contributed by atoms with Crippen LogP contribution in [0.2, 0.25) is 0 Å². The third kappa shape index (κ3) is 4.19. The average Bonchev–Trinajstić information content (AvgIpc) is 3.22. The summed E-state index contributed by atoms with van der Waals surface area (Å²) >= 11 is 0. The molecule has 0 saturated carbocycles. The summed E-state index contributed by atoms with van der Waals surface area (Å²) in [6.07, 6.45) is 6.39. The molecule has 11 heteroatoms. The molecule has 0 spiro atoms. The largest absolute Gasteiger partial charge is 0.345 e. The summed E-state index contributed by atoms with van der Waals surface area (Å²) in [5.41, 5.74) is -0.0773. The highest BCUT2D eigenvalue weighted by atomic mass is 32.2. The molecule has 0 fully saturated rings. The summed E-state index contributed by atoms with van der Waals surface area (Å²) in [6.45, 7) is 1.83. The molecule has 0 aliphatic carbocycles. The van der Waals surface area contributed by atoms with Crippen LogP contribution in [0.15, 0.2) is 49.2 Å². The predicted molar refractivity (Wildman–Crippen MR) is 118 cm³/mol. The van der Waals surface area contributed by atoms with E-state index in [0.717, 1.165) is 12.1 Å². The van der Waals surface area contributed by atoms with Crippen LogP contribution in [0.1, 0.15) is 29.3 Å². The maximum absolute atomic E-state index is 15.1. The van der Waals surface area contributed by atoms with Crippen molar-refractivity contribution in [1.82, 2.24) is 19.9 Å². The minimum Gasteiger partial charge on any atom is -0.345 e. The molecule has 164 valence electrons. The van der Waals surface area contributed by atoms with E-state index >= 15 is 4.39 Å². The lowest BCUT2D eigenvalue weighted by molar-refractivity contribution is 0.103. The van der Waals surface area contributed by atoms with Gasteiger partial charge in [-0.2, -0.15) is 0 Å². The van der Waals surface area contributed by atoms with Gasteiger partial charge >= 0.3 is 0 Å². The van der Waals surface area contributed by atoms with Crippen LogP contribution in [0, 0.1) is 11.6 Å². The minimum atomic E-state index is -1.56. The second kappa shape index (κ2) is 9.18. The topological polar surface area (TPSA) is 113 Å². The summed E-state index contributed by atoms with van der Waals surface area (Å²) in [5, 5.41) is 3.31. The molecule has 4 aromatic rings. The first kappa shape index (κ1) is 21.5. The van der Waals surface area contributed by atoms with E-state index in [9.17, 15) is 13.4 Å². The van der Waals surface area contributed by atoms with Crippen molar-refractivity contribution < 1.29 is 17.8 Å². The number of aromatic nitrogens is 4. The van der Waals surface area contributed by atoms with Gasteiger partial charge in [-0.1, -0.05) is 6.92 Å². The molecular weight excluding hydrogens is 438 g/mol. The molecule has 0 aliphatic heterocycles. The SMILES string of the molecule is CCCS(=O)Nc1ccc(F)c(C(=O)c2c[nH]c3ncnc(Nc4cccnc4)c23)c1F. The molecule has 0 amide bonds. The van der Waals surface area contributed by atoms with Gasteiger partial charge in [-0.15, -0.1) is 0 Å². The Morgan fingerprint density at radius 1 is 1.22 bits per heavy atom. The van der Waals surface area contributed by atoms with E-state index in [2.05, 4.69) is 30.0 Å². The molecule has 1 atom stereocenters. The lowest BCUT2D eigenvalue weighted by Gasteiger charge is -2.11. The van der Waals surface area contributed by atoms with Crippen molar-refractivity contribution in [1.29, 1.82) is 0 Å². The smallest absolute Gasteiger partial charge is 0.201 e. The highest BCUT2D eigenvalue weighted by molar-refractivity contribution is 7.86. The Labute approximate surface area is 184 Å². The van der Waals surface area contributed by atoms with E-state index in [-0.39, 0.29) is 28.2 Å². The quantitative estimate of drug-likeness (QED) is 0.344. The Kier molecular flexibility index (Phi) is 6.17. The molecule has 8 nitrogen and oxygen atoms in total. The number of rotatable bonds is 8. The Bertz CT molecular complexity index is 1310. The molecule has 0 bridgehead atoms. The molecule has 3 heterocycles. The van der Waals surface area contributed by atoms with Gasteiger partial charge < -0.3 is 15.0 Å². The fraction of sp³-hybridized carbons (Fsp3) is 0.143. The summed E-state index contributed by atoms with van der Waals surface area (Å²) in [7, 11) is -1.56. The number of carbonyl (C=O) groups is 1. The molecule has 3 N–H and O–H groups in total. The zero-order chi connectivity index (χ0) is 22.7. The van der Waals surface area contributed by atoms with Crippen LogP contribution in [0.3, 0.4) is 0 Å². The number of benzene rings is 1. The summed E-state index contributed by atoms with van der Waals surface area (Å²) in [6, 6.07) is 5.54. The monoisotopic (exact) mass is 456 g/mol. The first-order chi connectivity index (χ1) is 15.5. The van der Waals surface area contributed by atoms with E-state index in [1.807, 2.05) is 6.92 Å². The molecule has 0 saturated heterocycles. The Balaban J connectivity index is 1.77. The van der Waals surface area contributed by atoms with Gasteiger partial charge in [-0.05, 0) is 30.7 Å². The molecular formula is C21H18F2N6O2S. The van der Waals surface area contributed by atoms with Gasteiger partial charge in [0.1, 0.15) is 34.6 Å². The third-order valence-electron chi connectivity index (χ3n) is 4.57. The van der Waals surface area contributed by atoms with Crippen LogP contribution in [0.5, 0.6) is 0 Å². The number of hydrogen-bond acceptors (Lipinski definition) is 6. The van der Waals surface area contributed by atoms with Gasteiger partial charge in [0.25, 0.3) is 0 Å². The zero-order valence-electron chi connectivity index (χ0n) is 16.9. The number of halogens is 2. The van der Waals surface area contributed by atoms with Gasteiger partial charge in [0.2, 0.25) is 5.78 Å². The normalized spacial score (nSPS) is 12.0. The van der Waals surface area contributed by atoms with Crippen LogP contribution in [0.25, 0.3) is 11.0 Å². The lowest BCUT2D eigenvalue weighted by Crippen LogP contribution is -2.13. The van der Waals surface area contributed by atoms with E-state index in [0.29, 0.717) is 17.8 Å². The molecule has 32 heavy (non-hydrogen) atoms. The summed E-state index contributed by atoms with van der Waals surface area (Å²) < 4.78 is 44.1. The highest BCUT2D eigenvalue weighted by Crippen LogP contribution is 2.30. The van der Waals surface area contributed by atoms with Crippen molar-refractivity contribution in [2.24, 2.45) is 0 Å². The van der Waals surface area contributed by atoms with Crippen LogP contribution < -0.4 is 10.0 Å². The number of pyridine rings is 1. The Morgan fingerprint density at radius 3 is 2.81 bits per heavy atom. The predicted octanol–water partition coefficient (Wildman–Crippen LogP) is 4.09. The van der Waals surface area contributed by atoms with E-state index in [1.165, 1.54) is 12.5 Å². The zero-order valence-corrected chi connectivity index (χ0v) is 17.7. The van der Waals surface area contributed by atoms with Crippen LogP contribution in [-0.4, -0.2) is 35.7 Å². The molecule has 0 aliphatic rings. The maximum Gasteiger partial charge on any atom is 0.201 e. The maximum atomic E-state index is 15.1. The highest BCUT2D eigenvalue weighted by Gasteiger charge is 2.26. The lowest BCUT2D eigenvalue weighted by atomic mass is 10.0. The average molecular weight is 456 g/mol. The number of aromatic amines is 1. The van der Waals surface area contributed by atoms with Gasteiger partial charge in [-0.25, -0.2) is 23.0 Å². The molecule has 1 aromatic carbocycles. The first-order valence-electron chi connectivity index (χ1n) is 9.66. The molecule has 3 aromatic heterocycles. The van der Waals surface area contributed by atoms with Crippen molar-refractivity contribution in [3.05, 3.63) is 71.9 Å². The van der Waals surface area contributed by atoms with Crippen LogP contribution >= 0.6 is 0 Å². The number of nitrogens with one attached hydrogen (secondary N) is 3. The Hall–Kier alpha value is -3.73. The number of H-pyrrole nitrogens is 1. The van der Waals surface area contributed by atoms with Crippen molar-refractivity contribution in [2.75, 3.05) is 15.8 Å². The van der Waals surface area contributed by atoms with Crippen molar-refractivity contribution >= 4 is 45.0 Å². The molecule has 4 rings (SSSR count). The standard InChI is InChI=1S/C21H18F2N6O2S/c1-2-8-32(31)29-15-6-5-14(22)17(18(15)23)19(30)13-10-25-20-16(13)21(27-11-26-20)28-12-4-3-7-24-9-12/h3-7,9-11,29H,2,8H2,1H3,(H2,25,26,27,28). The third-order valence-corrected chi connectivity index (χ3v) is 5.80. The second-order valence-corrected chi connectivity index (χ2v) is 8.08. The van der Waals surface area contributed by atoms with Crippen molar-refractivity contribution in [3.63, 3.8) is 0 Å². The molecule has 1 unspecified atom stereocenters. The number of ketones is 1. The van der Waals surface area contributed by atoms with Gasteiger partial charge in [-0.3, -0.25) is 9.78 Å². The summed E-state index contributed by atoms with van der Waals surface area (Å²) in [4.78, 5) is 28.3. The van der Waals surface area contributed by atoms with E-state index in [4.69, 9.17) is 0 Å². The fourth-order valence-electron chi connectivity index (χ4n) is 3.14. The van der Waals surface area contributed by atoms with E-state index < -0.39 is 34.0 Å². The Morgan fingerprint density at radius 2 is 2.06 bits per heavy atom. The van der Waals surface area contributed by atoms with Crippen molar-refractivity contribution in [3.8, 4) is 0 Å². The minimum absolute atomic E-state index is 0.0170. The summed E-state index contributed by atoms with van der Waals surface area (Å²) in [5.74, 6) is -2.50. The van der Waals surface area contributed by atoms with Crippen molar-refractivity contribution in [2.45, 2.75) is 13.3 Å². The number of carbonyl (C=O) groups excluding carboxylic acids is 1. The number of hydrogen-bond donors (Lipinski definition) is 3. The number of anilines is 3. The molecule has 0 radical (unpaired) electrons. The van der Waals surface area contributed by atoms with E-state index in [1.54, 1.807) is 24.5 Å². The van der Waals surface area contributed by atoms with Gasteiger partial charge in [0, 0.05) is 18.1 Å².